The van der Waals surface area contributed by atoms with Crippen LogP contribution in [0.2, 0.25) is 0 Å². The van der Waals surface area contributed by atoms with E-state index in [9.17, 15) is 19.8 Å². The minimum atomic E-state index is -1.12. The fraction of sp³-hybridized carbons (Fsp3) is 0.579. The van der Waals surface area contributed by atoms with Crippen LogP contribution in [-0.2, 0) is 16.0 Å². The maximum Gasteiger partial charge on any atom is 0.408 e. The molecule has 1 atom stereocenters. The summed E-state index contributed by atoms with van der Waals surface area (Å²) in [5, 5.41) is 21.9. The van der Waals surface area contributed by atoms with Gasteiger partial charge < -0.3 is 20.3 Å². The zero-order valence-corrected chi connectivity index (χ0v) is 15.0. The van der Waals surface area contributed by atoms with Gasteiger partial charge >= 0.3 is 12.1 Å². The van der Waals surface area contributed by atoms with Crippen LogP contribution in [0.25, 0.3) is 0 Å². The molecule has 6 nitrogen and oxygen atoms in total. The van der Waals surface area contributed by atoms with Crippen molar-refractivity contribution in [2.24, 2.45) is 0 Å². The van der Waals surface area contributed by atoms with Crippen molar-refractivity contribution in [1.29, 1.82) is 0 Å². The first-order valence-corrected chi connectivity index (χ1v) is 8.70. The minimum absolute atomic E-state index is 0.134. The van der Waals surface area contributed by atoms with E-state index in [1.54, 1.807) is 32.9 Å². The van der Waals surface area contributed by atoms with E-state index in [1.807, 2.05) is 6.07 Å². The van der Waals surface area contributed by atoms with Gasteiger partial charge in [0.15, 0.2) is 0 Å². The highest BCUT2D eigenvalue weighted by Gasteiger charge is 2.25. The Labute approximate surface area is 148 Å². The van der Waals surface area contributed by atoms with E-state index in [-0.39, 0.29) is 12.2 Å². The van der Waals surface area contributed by atoms with Crippen molar-refractivity contribution in [3.63, 3.8) is 0 Å². The SMILES string of the molecule is CC(C)(C)OC(=O)N[C@@H](Cc1ccc(O)c(C2CCCC2)c1)C(=O)O. The maximum atomic E-state index is 11.9. The summed E-state index contributed by atoms with van der Waals surface area (Å²) in [7, 11) is 0. The molecular formula is C19H27NO5. The number of carboxylic acids is 1. The number of phenolic OH excluding ortho intramolecular Hbond substituents is 1. The van der Waals surface area contributed by atoms with E-state index in [1.165, 1.54) is 0 Å². The molecule has 0 spiro atoms. The standard InChI is InChI=1S/C19H27NO5/c1-19(2,3)25-18(24)20-15(17(22)23)11-12-8-9-16(21)14(10-12)13-6-4-5-7-13/h8-10,13,15,21H,4-7,11H2,1-3H3,(H,20,24)(H,22,23)/t15-/m0/s1. The van der Waals surface area contributed by atoms with Gasteiger partial charge in [-0.15, -0.1) is 0 Å². The fourth-order valence-corrected chi connectivity index (χ4v) is 3.18. The van der Waals surface area contributed by atoms with E-state index >= 15 is 0 Å². The Kier molecular flexibility index (Phi) is 5.93. The molecule has 0 aromatic heterocycles. The first-order valence-electron chi connectivity index (χ1n) is 8.70. The molecule has 0 saturated heterocycles. The zero-order valence-electron chi connectivity index (χ0n) is 15.0. The topological polar surface area (TPSA) is 95.9 Å². The number of phenols is 1. The Morgan fingerprint density at radius 2 is 1.92 bits per heavy atom. The van der Waals surface area contributed by atoms with Crippen LogP contribution in [0, 0.1) is 0 Å². The number of hydrogen-bond donors (Lipinski definition) is 3. The van der Waals surface area contributed by atoms with Crippen molar-refractivity contribution in [3.8, 4) is 5.75 Å². The van der Waals surface area contributed by atoms with E-state index in [4.69, 9.17) is 4.74 Å². The molecule has 1 amide bonds. The van der Waals surface area contributed by atoms with Crippen LogP contribution < -0.4 is 5.32 Å². The number of carboxylic acid groups (broad SMARTS) is 1. The second-order valence-electron chi connectivity index (χ2n) is 7.62. The predicted molar refractivity (Wildman–Crippen MR) is 93.8 cm³/mol. The van der Waals surface area contributed by atoms with Gasteiger partial charge in [0.25, 0.3) is 0 Å². The highest BCUT2D eigenvalue weighted by atomic mass is 16.6. The number of aromatic hydroxyl groups is 1. The molecule has 3 N–H and O–H groups in total. The highest BCUT2D eigenvalue weighted by molar-refractivity contribution is 5.80. The van der Waals surface area contributed by atoms with Gasteiger partial charge in [0.1, 0.15) is 17.4 Å². The molecule has 6 heteroatoms. The van der Waals surface area contributed by atoms with Crippen LogP contribution >= 0.6 is 0 Å². The van der Waals surface area contributed by atoms with Gasteiger partial charge in [-0.05, 0) is 56.7 Å². The Morgan fingerprint density at radius 1 is 1.28 bits per heavy atom. The number of carbonyl (C=O) groups excluding carboxylic acids is 1. The fourth-order valence-electron chi connectivity index (χ4n) is 3.18. The van der Waals surface area contributed by atoms with Crippen LogP contribution in [0.1, 0.15) is 63.5 Å². The van der Waals surface area contributed by atoms with Gasteiger partial charge in [0.2, 0.25) is 0 Å². The summed E-state index contributed by atoms with van der Waals surface area (Å²) in [4.78, 5) is 23.4. The van der Waals surface area contributed by atoms with Crippen molar-refractivity contribution in [2.45, 2.75) is 70.4 Å². The number of carbonyl (C=O) groups is 2. The van der Waals surface area contributed by atoms with Crippen molar-refractivity contribution in [1.82, 2.24) is 5.32 Å². The van der Waals surface area contributed by atoms with Gasteiger partial charge in [0.05, 0.1) is 0 Å². The number of amides is 1. The molecule has 0 bridgehead atoms. The van der Waals surface area contributed by atoms with Gasteiger partial charge in [0, 0.05) is 6.42 Å². The second-order valence-corrected chi connectivity index (χ2v) is 7.62. The summed E-state index contributed by atoms with van der Waals surface area (Å²) >= 11 is 0. The predicted octanol–water partition coefficient (Wildman–Crippen LogP) is 3.57. The molecule has 25 heavy (non-hydrogen) atoms. The van der Waals surface area contributed by atoms with Crippen LogP contribution in [0.3, 0.4) is 0 Å². The largest absolute Gasteiger partial charge is 0.508 e. The molecule has 1 aliphatic rings. The molecule has 1 aromatic carbocycles. The number of rotatable bonds is 5. The summed E-state index contributed by atoms with van der Waals surface area (Å²) in [5.41, 5.74) is 0.945. The molecule has 0 unspecified atom stereocenters. The first-order chi connectivity index (χ1) is 11.7. The number of alkyl carbamates (subject to hydrolysis) is 1. The third kappa shape index (κ3) is 5.66. The summed E-state index contributed by atoms with van der Waals surface area (Å²) in [6.07, 6.45) is 3.74. The number of aliphatic carboxylic acids is 1. The molecule has 1 saturated carbocycles. The van der Waals surface area contributed by atoms with Crippen LogP contribution in [0.15, 0.2) is 18.2 Å². The van der Waals surface area contributed by atoms with Crippen LogP contribution in [-0.4, -0.2) is 33.9 Å². The lowest BCUT2D eigenvalue weighted by molar-refractivity contribution is -0.139. The quantitative estimate of drug-likeness (QED) is 0.755. The van der Waals surface area contributed by atoms with E-state index in [0.717, 1.165) is 36.8 Å². The average molecular weight is 349 g/mol. The van der Waals surface area contributed by atoms with Crippen LogP contribution in [0.4, 0.5) is 4.79 Å². The third-order valence-corrected chi connectivity index (χ3v) is 4.32. The summed E-state index contributed by atoms with van der Waals surface area (Å²) in [5.74, 6) is -0.550. The molecule has 0 aliphatic heterocycles. The molecule has 0 radical (unpaired) electrons. The van der Waals surface area contributed by atoms with Crippen molar-refractivity contribution >= 4 is 12.1 Å². The number of ether oxygens (including phenoxy) is 1. The Hall–Kier alpha value is -2.24. The van der Waals surface area contributed by atoms with E-state index < -0.39 is 23.7 Å². The van der Waals surface area contributed by atoms with Crippen molar-refractivity contribution in [3.05, 3.63) is 29.3 Å². The van der Waals surface area contributed by atoms with Crippen LogP contribution in [0.5, 0.6) is 5.75 Å². The zero-order chi connectivity index (χ0) is 18.6. The summed E-state index contributed by atoms with van der Waals surface area (Å²) < 4.78 is 5.13. The molecule has 1 aromatic rings. The third-order valence-electron chi connectivity index (χ3n) is 4.32. The molecule has 138 valence electrons. The molecule has 1 fully saturated rings. The van der Waals surface area contributed by atoms with Gasteiger partial charge in [-0.3, -0.25) is 0 Å². The van der Waals surface area contributed by atoms with Crippen molar-refractivity contribution < 1.29 is 24.5 Å². The van der Waals surface area contributed by atoms with Gasteiger partial charge in [-0.25, -0.2) is 9.59 Å². The smallest absolute Gasteiger partial charge is 0.408 e. The highest BCUT2D eigenvalue weighted by Crippen LogP contribution is 2.38. The number of nitrogens with one attached hydrogen (secondary N) is 1. The number of benzene rings is 1. The Morgan fingerprint density at radius 3 is 2.48 bits per heavy atom. The molecule has 0 heterocycles. The Bertz CT molecular complexity index is 629. The molecule has 1 aliphatic carbocycles. The maximum absolute atomic E-state index is 11.9. The number of hydrogen-bond acceptors (Lipinski definition) is 4. The molecule has 2 rings (SSSR count). The average Bonchev–Trinajstić information content (AvgIpc) is 3.00. The summed E-state index contributed by atoms with van der Waals surface area (Å²) in [6, 6.07) is 4.07. The monoisotopic (exact) mass is 349 g/mol. The normalized spacial score (nSPS) is 16.4. The molecular weight excluding hydrogens is 322 g/mol. The minimum Gasteiger partial charge on any atom is -0.508 e. The van der Waals surface area contributed by atoms with Crippen molar-refractivity contribution in [2.75, 3.05) is 0 Å². The lowest BCUT2D eigenvalue weighted by Crippen LogP contribution is -2.44. The van der Waals surface area contributed by atoms with E-state index in [2.05, 4.69) is 5.32 Å². The van der Waals surface area contributed by atoms with Gasteiger partial charge in [-0.2, -0.15) is 0 Å². The van der Waals surface area contributed by atoms with E-state index in [0.29, 0.717) is 5.92 Å². The lowest BCUT2D eigenvalue weighted by Gasteiger charge is -2.22. The van der Waals surface area contributed by atoms with Gasteiger partial charge in [-0.1, -0.05) is 25.0 Å². The summed E-state index contributed by atoms with van der Waals surface area (Å²) in [6.45, 7) is 5.16. The Balaban J connectivity index is 2.10. The first kappa shape index (κ1) is 19.1. The second kappa shape index (κ2) is 7.76. The lowest BCUT2D eigenvalue weighted by atomic mass is 9.93.